The van der Waals surface area contributed by atoms with Crippen molar-refractivity contribution in [3.8, 4) is 0 Å². The van der Waals surface area contributed by atoms with Crippen LogP contribution in [0.3, 0.4) is 0 Å². The van der Waals surface area contributed by atoms with Crippen molar-refractivity contribution < 1.29 is 24.5 Å². The number of rotatable bonds is 3. The van der Waals surface area contributed by atoms with Crippen LogP contribution in [0, 0.1) is 6.92 Å². The SMILES string of the molecule is CC(=O)O[C@H]1[C@H](O)[C@H](n2cc(C)c(N)nc2=O)O[C@@H]1CO. The molecule has 21 heavy (non-hydrogen) atoms. The minimum atomic E-state index is -1.31. The Bertz CT molecular complexity index is 601. The summed E-state index contributed by atoms with van der Waals surface area (Å²) >= 11 is 0. The number of anilines is 1. The number of nitrogens with zero attached hydrogens (tertiary/aromatic N) is 2. The normalized spacial score (nSPS) is 28.6. The number of aryl methyl sites for hydroxylation is 1. The summed E-state index contributed by atoms with van der Waals surface area (Å²) in [5.41, 5.74) is 5.36. The second kappa shape index (κ2) is 5.80. The number of aliphatic hydroxyl groups is 2. The summed E-state index contributed by atoms with van der Waals surface area (Å²) in [5.74, 6) is -0.542. The van der Waals surface area contributed by atoms with Gasteiger partial charge in [0.2, 0.25) is 0 Å². The van der Waals surface area contributed by atoms with Crippen LogP contribution in [0.4, 0.5) is 5.82 Å². The zero-order chi connectivity index (χ0) is 15.7. The first-order chi connectivity index (χ1) is 9.85. The maximum atomic E-state index is 11.9. The van der Waals surface area contributed by atoms with E-state index in [1.54, 1.807) is 6.92 Å². The number of ether oxygens (including phenoxy) is 2. The summed E-state index contributed by atoms with van der Waals surface area (Å²) in [5, 5.41) is 19.5. The molecule has 1 saturated heterocycles. The van der Waals surface area contributed by atoms with E-state index in [4.69, 9.17) is 15.2 Å². The first-order valence-corrected chi connectivity index (χ1v) is 6.32. The van der Waals surface area contributed by atoms with Gasteiger partial charge in [0.15, 0.2) is 12.3 Å². The van der Waals surface area contributed by atoms with Crippen molar-refractivity contribution in [1.29, 1.82) is 0 Å². The Morgan fingerprint density at radius 2 is 2.29 bits per heavy atom. The van der Waals surface area contributed by atoms with Gasteiger partial charge in [0.25, 0.3) is 0 Å². The fraction of sp³-hybridized carbons (Fsp3) is 0.583. The number of carbonyl (C=O) groups excluding carboxylic acids is 1. The number of esters is 1. The van der Waals surface area contributed by atoms with Crippen molar-refractivity contribution in [2.24, 2.45) is 0 Å². The Morgan fingerprint density at radius 1 is 1.62 bits per heavy atom. The predicted octanol–water partition coefficient (Wildman–Crippen LogP) is -1.68. The van der Waals surface area contributed by atoms with E-state index >= 15 is 0 Å². The largest absolute Gasteiger partial charge is 0.457 e. The molecule has 1 fully saturated rings. The second-order valence-corrected chi connectivity index (χ2v) is 4.81. The number of nitrogens with two attached hydrogens (primary N) is 1. The van der Waals surface area contributed by atoms with Crippen LogP contribution in [0.1, 0.15) is 18.7 Å². The van der Waals surface area contributed by atoms with Gasteiger partial charge in [0.1, 0.15) is 18.0 Å². The zero-order valence-corrected chi connectivity index (χ0v) is 11.6. The average molecular weight is 299 g/mol. The van der Waals surface area contributed by atoms with Gasteiger partial charge in [-0.05, 0) is 6.92 Å². The molecule has 0 saturated carbocycles. The van der Waals surface area contributed by atoms with Gasteiger partial charge in [-0.3, -0.25) is 9.36 Å². The molecule has 1 aliphatic heterocycles. The molecule has 0 unspecified atom stereocenters. The molecular weight excluding hydrogens is 282 g/mol. The molecule has 0 amide bonds. The van der Waals surface area contributed by atoms with Crippen LogP contribution in [0.25, 0.3) is 0 Å². The molecule has 0 aliphatic carbocycles. The molecule has 1 aromatic rings. The molecule has 4 atom stereocenters. The van der Waals surface area contributed by atoms with Gasteiger partial charge in [-0.15, -0.1) is 0 Å². The molecule has 1 aromatic heterocycles. The van der Waals surface area contributed by atoms with E-state index in [0.29, 0.717) is 5.56 Å². The van der Waals surface area contributed by atoms with Crippen molar-refractivity contribution in [3.63, 3.8) is 0 Å². The van der Waals surface area contributed by atoms with E-state index in [1.165, 1.54) is 13.1 Å². The molecule has 1 aliphatic rings. The molecule has 2 rings (SSSR count). The molecule has 2 heterocycles. The van der Waals surface area contributed by atoms with Crippen molar-refractivity contribution in [2.45, 2.75) is 38.4 Å². The van der Waals surface area contributed by atoms with Gasteiger partial charge < -0.3 is 25.4 Å². The van der Waals surface area contributed by atoms with Gasteiger partial charge in [-0.1, -0.05) is 0 Å². The Kier molecular flexibility index (Phi) is 4.26. The van der Waals surface area contributed by atoms with Crippen LogP contribution in [-0.4, -0.2) is 50.7 Å². The molecule has 0 spiro atoms. The maximum absolute atomic E-state index is 11.9. The third-order valence-corrected chi connectivity index (χ3v) is 3.24. The van der Waals surface area contributed by atoms with Crippen molar-refractivity contribution >= 4 is 11.8 Å². The summed E-state index contributed by atoms with van der Waals surface area (Å²) in [6.07, 6.45) is -3.04. The smallest absolute Gasteiger partial charge is 0.351 e. The Morgan fingerprint density at radius 3 is 2.86 bits per heavy atom. The van der Waals surface area contributed by atoms with Crippen LogP contribution in [0.2, 0.25) is 0 Å². The van der Waals surface area contributed by atoms with E-state index in [2.05, 4.69) is 4.98 Å². The van der Waals surface area contributed by atoms with Gasteiger partial charge in [0, 0.05) is 18.7 Å². The Balaban J connectivity index is 2.35. The van der Waals surface area contributed by atoms with Crippen molar-refractivity contribution in [2.75, 3.05) is 12.3 Å². The predicted molar refractivity (Wildman–Crippen MR) is 70.2 cm³/mol. The number of hydrogen-bond acceptors (Lipinski definition) is 8. The molecule has 9 nitrogen and oxygen atoms in total. The second-order valence-electron chi connectivity index (χ2n) is 4.81. The summed E-state index contributed by atoms with van der Waals surface area (Å²) in [7, 11) is 0. The first-order valence-electron chi connectivity index (χ1n) is 6.32. The van der Waals surface area contributed by atoms with Crippen LogP contribution in [-0.2, 0) is 14.3 Å². The molecule has 4 N–H and O–H groups in total. The Labute approximate surface area is 119 Å². The maximum Gasteiger partial charge on any atom is 0.351 e. The topological polar surface area (TPSA) is 137 Å². The molecular formula is C12H17N3O6. The number of hydrogen-bond donors (Lipinski definition) is 3. The lowest BCUT2D eigenvalue weighted by molar-refractivity contribution is -0.153. The standard InChI is InChI=1S/C12H17N3O6/c1-5-3-15(12(19)14-10(5)13)11-8(18)9(20-6(2)17)7(4-16)21-11/h3,7-9,11,16,18H,4H2,1-2H3,(H2,13,14,19)/t7-,8+,9-,11-/m1/s1. The number of aromatic nitrogens is 2. The summed E-state index contributed by atoms with van der Waals surface area (Å²) in [6, 6.07) is 0. The van der Waals surface area contributed by atoms with E-state index in [9.17, 15) is 19.8 Å². The highest BCUT2D eigenvalue weighted by atomic mass is 16.6. The Hall–Kier alpha value is -1.97. The zero-order valence-electron chi connectivity index (χ0n) is 11.6. The van der Waals surface area contributed by atoms with Crippen LogP contribution in [0.5, 0.6) is 0 Å². The van der Waals surface area contributed by atoms with E-state index in [-0.39, 0.29) is 5.82 Å². The quantitative estimate of drug-likeness (QED) is 0.563. The summed E-state index contributed by atoms with van der Waals surface area (Å²) in [6.45, 7) is 2.35. The monoisotopic (exact) mass is 299 g/mol. The highest BCUT2D eigenvalue weighted by Crippen LogP contribution is 2.30. The van der Waals surface area contributed by atoms with Crippen LogP contribution in [0.15, 0.2) is 11.0 Å². The van der Waals surface area contributed by atoms with E-state index < -0.39 is 42.8 Å². The fourth-order valence-corrected chi connectivity index (χ4v) is 2.19. The van der Waals surface area contributed by atoms with Gasteiger partial charge in [-0.2, -0.15) is 4.98 Å². The van der Waals surface area contributed by atoms with Crippen molar-refractivity contribution in [3.05, 3.63) is 22.2 Å². The molecule has 0 aromatic carbocycles. The highest BCUT2D eigenvalue weighted by Gasteiger charge is 2.47. The molecule has 0 bridgehead atoms. The highest BCUT2D eigenvalue weighted by molar-refractivity contribution is 5.66. The minimum absolute atomic E-state index is 0.0824. The first kappa shape index (κ1) is 15.4. The van der Waals surface area contributed by atoms with E-state index in [0.717, 1.165) is 4.57 Å². The summed E-state index contributed by atoms with van der Waals surface area (Å²) in [4.78, 5) is 26.5. The summed E-state index contributed by atoms with van der Waals surface area (Å²) < 4.78 is 11.4. The number of aliphatic hydroxyl groups excluding tert-OH is 2. The lowest BCUT2D eigenvalue weighted by Gasteiger charge is -2.19. The fourth-order valence-electron chi connectivity index (χ4n) is 2.19. The van der Waals surface area contributed by atoms with Crippen LogP contribution < -0.4 is 11.4 Å². The van der Waals surface area contributed by atoms with Crippen LogP contribution >= 0.6 is 0 Å². The van der Waals surface area contributed by atoms with Gasteiger partial charge in [0.05, 0.1) is 6.61 Å². The lowest BCUT2D eigenvalue weighted by Crippen LogP contribution is -2.39. The third kappa shape index (κ3) is 2.89. The van der Waals surface area contributed by atoms with Gasteiger partial charge >= 0.3 is 11.7 Å². The average Bonchev–Trinajstić information content (AvgIpc) is 2.71. The van der Waals surface area contributed by atoms with Crippen molar-refractivity contribution in [1.82, 2.24) is 9.55 Å². The lowest BCUT2D eigenvalue weighted by atomic mass is 10.1. The molecule has 9 heteroatoms. The molecule has 0 radical (unpaired) electrons. The third-order valence-electron chi connectivity index (χ3n) is 3.24. The number of carbonyl (C=O) groups is 1. The number of nitrogen functional groups attached to an aromatic ring is 1. The molecule has 116 valence electrons. The minimum Gasteiger partial charge on any atom is -0.457 e. The van der Waals surface area contributed by atoms with E-state index in [1.807, 2.05) is 0 Å². The van der Waals surface area contributed by atoms with Gasteiger partial charge in [-0.25, -0.2) is 4.79 Å².